The summed E-state index contributed by atoms with van der Waals surface area (Å²) in [6.45, 7) is 17.1. The number of nitrogens with zero attached hydrogens (tertiary/aromatic N) is 1. The van der Waals surface area contributed by atoms with E-state index in [9.17, 15) is 34.2 Å². The third-order valence-electron chi connectivity index (χ3n) is 14.0. The number of esters is 1. The molecule has 1 saturated carbocycles. The number of methoxy groups -OCH3 is 1. The molecule has 14 heteroatoms. The van der Waals surface area contributed by atoms with E-state index >= 15 is 0 Å². The van der Waals surface area contributed by atoms with Gasteiger partial charge in [-0.15, -0.1) is 0 Å². The number of carboxylic acid groups (broad SMARTS) is 1. The average molecular weight is 878 g/mol. The van der Waals surface area contributed by atoms with Gasteiger partial charge in [0.15, 0.2) is 0 Å². The largest absolute Gasteiger partial charge is 0.480 e. The molecule has 0 aromatic heterocycles. The van der Waals surface area contributed by atoms with Crippen LogP contribution in [-0.2, 0) is 38.1 Å². The van der Waals surface area contributed by atoms with E-state index < -0.39 is 53.6 Å². The molecule has 3 rings (SSSR count). The van der Waals surface area contributed by atoms with Crippen molar-refractivity contribution in [1.29, 1.82) is 5.41 Å². The minimum atomic E-state index is -2.36. The number of amides is 2. The standard InChI is InChI=1S/C48H83N3O11/c1-10-14-37(38(49)19-16-30(3)23-32(5)25-36-18-21-40(34(7)27-36)61-47(57)50-29-43(52)60-11-2)26-33(6)24-31(4)17-20-41-42(59-9)28-35(8)48(58,62-41)44(53)45(54)51-22-13-12-15-39(51)46(55)56/h30-37,39-42,49,58H,10-29H2,1-9H3,(H,50,57)(H,55,56)/t30-,31-,32?,33?,34-,35-,36?,37-,39+,40-,41-,42+,48-/m1/s1. The highest BCUT2D eigenvalue weighted by Crippen LogP contribution is 2.39. The Morgan fingerprint density at radius 2 is 1.58 bits per heavy atom. The first kappa shape index (κ1) is 53.2. The molecule has 1 aliphatic carbocycles. The summed E-state index contributed by atoms with van der Waals surface area (Å²) in [6, 6.07) is -1.09. The minimum Gasteiger partial charge on any atom is -0.480 e. The van der Waals surface area contributed by atoms with Crippen molar-refractivity contribution in [2.75, 3.05) is 26.8 Å². The summed E-state index contributed by atoms with van der Waals surface area (Å²) in [6.07, 6.45) is 12.3. The zero-order valence-electron chi connectivity index (χ0n) is 39.6. The van der Waals surface area contributed by atoms with Gasteiger partial charge in [-0.1, -0.05) is 54.9 Å². The topological polar surface area (TPSA) is 202 Å². The monoisotopic (exact) mass is 878 g/mol. The van der Waals surface area contributed by atoms with E-state index in [-0.39, 0.29) is 50.2 Å². The molecule has 62 heavy (non-hydrogen) atoms. The van der Waals surface area contributed by atoms with Gasteiger partial charge < -0.3 is 44.8 Å². The number of alkyl carbamates (subject to hydrolysis) is 1. The molecule has 2 amide bonds. The van der Waals surface area contributed by atoms with Gasteiger partial charge in [0.1, 0.15) is 18.7 Å². The average Bonchev–Trinajstić information content (AvgIpc) is 3.22. The molecule has 356 valence electrons. The third kappa shape index (κ3) is 16.2. The fraction of sp³-hybridized carbons (Fsp3) is 0.875. The van der Waals surface area contributed by atoms with Gasteiger partial charge in [0.25, 0.3) is 11.7 Å². The number of aliphatic carboxylic acids is 1. The fourth-order valence-electron chi connectivity index (χ4n) is 10.7. The number of aliphatic hydroxyl groups is 1. The van der Waals surface area contributed by atoms with Crippen molar-refractivity contribution >= 4 is 35.4 Å². The van der Waals surface area contributed by atoms with Crippen molar-refractivity contribution in [3.8, 4) is 0 Å². The number of hydrogen-bond donors (Lipinski definition) is 4. The predicted molar refractivity (Wildman–Crippen MR) is 238 cm³/mol. The van der Waals surface area contributed by atoms with Crippen LogP contribution < -0.4 is 5.32 Å². The second kappa shape index (κ2) is 26.0. The lowest BCUT2D eigenvalue weighted by atomic mass is 9.75. The molecule has 3 fully saturated rings. The molecule has 13 atom stereocenters. The fourth-order valence-corrected chi connectivity index (χ4v) is 10.7. The highest BCUT2D eigenvalue weighted by Gasteiger charge is 2.55. The van der Waals surface area contributed by atoms with Crippen LogP contribution in [0.25, 0.3) is 0 Å². The SMILES string of the molecule is CCC[C@H](CC(C)C[C@H](C)CC[C@H]1O[C@@](O)(C(=O)C(=O)N2CCCC[C@H]2C(=O)O)[C@H](C)C[C@@H]1OC)C(=N)CC[C@@H](C)CC(C)CC1CC[C@@H](OC(=O)NCC(=O)OCC)[C@H](C)C1. The number of carbonyl (C=O) groups is 5. The molecule has 3 unspecified atom stereocenters. The molecule has 0 spiro atoms. The van der Waals surface area contributed by atoms with Crippen LogP contribution in [0.2, 0.25) is 0 Å². The van der Waals surface area contributed by atoms with E-state index in [1.807, 2.05) is 0 Å². The maximum atomic E-state index is 13.6. The molecule has 2 aliphatic heterocycles. The zero-order chi connectivity index (χ0) is 46.1. The first-order chi connectivity index (χ1) is 29.3. The van der Waals surface area contributed by atoms with E-state index in [0.717, 1.165) is 87.7 Å². The summed E-state index contributed by atoms with van der Waals surface area (Å²) in [7, 11) is 1.58. The Morgan fingerprint density at radius 3 is 2.23 bits per heavy atom. The lowest BCUT2D eigenvalue weighted by Gasteiger charge is -2.45. The number of nitrogens with one attached hydrogen (secondary N) is 2. The van der Waals surface area contributed by atoms with Gasteiger partial charge in [0.05, 0.1) is 18.8 Å². The van der Waals surface area contributed by atoms with Gasteiger partial charge in [0.2, 0.25) is 5.79 Å². The first-order valence-electron chi connectivity index (χ1n) is 24.0. The number of likely N-dealkylation sites (tertiary alicyclic amines) is 1. The molecule has 4 N–H and O–H groups in total. The molecule has 2 saturated heterocycles. The first-order valence-corrected chi connectivity index (χ1v) is 24.0. The molecule has 0 aromatic rings. The van der Waals surface area contributed by atoms with Gasteiger partial charge >= 0.3 is 18.0 Å². The van der Waals surface area contributed by atoms with Gasteiger partial charge in [-0.2, -0.15) is 0 Å². The van der Waals surface area contributed by atoms with E-state index in [4.69, 9.17) is 24.4 Å². The second-order valence-electron chi connectivity index (χ2n) is 19.7. The highest BCUT2D eigenvalue weighted by molar-refractivity contribution is 6.39. The second-order valence-corrected chi connectivity index (χ2v) is 19.7. The normalized spacial score (nSPS) is 29.1. The van der Waals surface area contributed by atoms with Crippen LogP contribution in [-0.4, -0.2) is 107 Å². The molecule has 14 nitrogen and oxygen atoms in total. The van der Waals surface area contributed by atoms with Crippen LogP contribution >= 0.6 is 0 Å². The number of piperidine rings is 1. The van der Waals surface area contributed by atoms with Crippen LogP contribution in [0.4, 0.5) is 4.79 Å². The number of rotatable bonds is 25. The summed E-state index contributed by atoms with van der Waals surface area (Å²) in [4.78, 5) is 63.7. The van der Waals surface area contributed by atoms with Crippen molar-refractivity contribution in [3.05, 3.63) is 0 Å². The van der Waals surface area contributed by atoms with Gasteiger partial charge in [-0.3, -0.25) is 14.4 Å². The molecular weight excluding hydrogens is 795 g/mol. The van der Waals surface area contributed by atoms with Crippen LogP contribution in [0.3, 0.4) is 0 Å². The molecular formula is C48H83N3O11. The smallest absolute Gasteiger partial charge is 0.407 e. The summed E-state index contributed by atoms with van der Waals surface area (Å²) in [5.41, 5.74) is 0.856. The van der Waals surface area contributed by atoms with Gasteiger partial charge in [-0.05, 0) is 151 Å². The van der Waals surface area contributed by atoms with Crippen molar-refractivity contribution in [1.82, 2.24) is 10.2 Å². The molecule has 3 aliphatic rings. The molecule has 0 aromatic carbocycles. The zero-order valence-corrected chi connectivity index (χ0v) is 39.6. The number of hydrogen-bond acceptors (Lipinski definition) is 11. The van der Waals surface area contributed by atoms with Crippen LogP contribution in [0.15, 0.2) is 0 Å². The predicted octanol–water partition coefficient (Wildman–Crippen LogP) is 8.35. The number of carbonyl (C=O) groups excluding carboxylic acids is 4. The summed E-state index contributed by atoms with van der Waals surface area (Å²) >= 11 is 0. The van der Waals surface area contributed by atoms with E-state index in [1.54, 1.807) is 21.0 Å². The maximum absolute atomic E-state index is 13.6. The van der Waals surface area contributed by atoms with E-state index in [0.29, 0.717) is 55.3 Å². The van der Waals surface area contributed by atoms with Crippen molar-refractivity contribution in [2.45, 2.75) is 195 Å². The molecule has 0 radical (unpaired) electrons. The van der Waals surface area contributed by atoms with Crippen molar-refractivity contribution < 1.29 is 53.1 Å². The summed E-state index contributed by atoms with van der Waals surface area (Å²) < 4.78 is 22.4. The van der Waals surface area contributed by atoms with Crippen molar-refractivity contribution in [3.63, 3.8) is 0 Å². The Bertz CT molecular complexity index is 1460. The van der Waals surface area contributed by atoms with Gasteiger partial charge in [-0.25, -0.2) is 9.59 Å². The Kier molecular flexibility index (Phi) is 22.3. The van der Waals surface area contributed by atoms with Crippen molar-refractivity contribution in [2.24, 2.45) is 47.3 Å². The van der Waals surface area contributed by atoms with E-state index in [2.05, 4.69) is 46.9 Å². The lowest BCUT2D eigenvalue weighted by Crippen LogP contribution is -2.62. The van der Waals surface area contributed by atoms with Gasteiger partial charge in [0, 0.05) is 25.3 Å². The lowest BCUT2D eigenvalue weighted by molar-refractivity contribution is -0.287. The van der Waals surface area contributed by atoms with Crippen LogP contribution in [0.1, 0.15) is 165 Å². The number of Topliss-reactive ketones (excluding diaryl/α,β-unsaturated/α-hetero) is 1. The Balaban J connectivity index is 1.43. The Labute approximate surface area is 372 Å². The Hall–Kier alpha value is -3.10. The minimum absolute atomic E-state index is 0.150. The third-order valence-corrected chi connectivity index (χ3v) is 14.0. The van der Waals surface area contributed by atoms with Crippen LogP contribution in [0.5, 0.6) is 0 Å². The summed E-state index contributed by atoms with van der Waals surface area (Å²) in [5, 5.41) is 32.9. The highest BCUT2D eigenvalue weighted by atomic mass is 16.7. The number of carboxylic acids is 1. The Morgan fingerprint density at radius 1 is 0.887 bits per heavy atom. The van der Waals surface area contributed by atoms with E-state index in [1.165, 1.54) is 0 Å². The quantitative estimate of drug-likeness (QED) is 0.0390. The number of ether oxygens (including phenoxy) is 4. The molecule has 0 bridgehead atoms. The molecule has 2 heterocycles. The summed E-state index contributed by atoms with van der Waals surface area (Å²) in [5.74, 6) is -3.94. The number of ketones is 1. The maximum Gasteiger partial charge on any atom is 0.407 e. The van der Waals surface area contributed by atoms with Crippen LogP contribution in [0, 0.1) is 52.8 Å².